The summed E-state index contributed by atoms with van der Waals surface area (Å²) in [6, 6.07) is 11.7. The fourth-order valence-corrected chi connectivity index (χ4v) is 3.99. The molecule has 0 unspecified atom stereocenters. The third kappa shape index (κ3) is 4.55. The molecule has 1 atom stereocenters. The van der Waals surface area contributed by atoms with Gasteiger partial charge in [-0.15, -0.1) is 0 Å². The molecule has 4 rings (SSSR count). The van der Waals surface area contributed by atoms with Gasteiger partial charge in [0, 0.05) is 47.2 Å². The molecule has 0 saturated carbocycles. The standard InChI is InChI=1S/C24H26ClN5O/c1-17-15-30-21(16-29(17)22(31)5-4-14-28(2)3)23(18-10-12-26-13-11-18)24(27-30)19-6-8-20(25)9-7-19/h4-13,17H,14-16H2,1-3H3/b5-4+/t17-/m0/s1. The minimum absolute atomic E-state index is 0.0236. The maximum absolute atomic E-state index is 12.9. The number of amides is 1. The first-order valence-electron chi connectivity index (χ1n) is 10.3. The van der Waals surface area contributed by atoms with Gasteiger partial charge in [0.15, 0.2) is 0 Å². The molecule has 160 valence electrons. The van der Waals surface area contributed by atoms with Gasteiger partial charge < -0.3 is 9.80 Å². The molecule has 0 saturated heterocycles. The van der Waals surface area contributed by atoms with Crippen molar-refractivity contribution in [3.05, 3.63) is 71.7 Å². The molecule has 0 spiro atoms. The minimum Gasteiger partial charge on any atom is -0.329 e. The summed E-state index contributed by atoms with van der Waals surface area (Å²) in [7, 11) is 3.96. The Bertz CT molecular complexity index is 1090. The molecule has 6 nitrogen and oxygen atoms in total. The van der Waals surface area contributed by atoms with Crippen LogP contribution in [0, 0.1) is 0 Å². The second-order valence-corrected chi connectivity index (χ2v) is 8.51. The molecule has 0 aliphatic carbocycles. The van der Waals surface area contributed by atoms with Crippen LogP contribution in [-0.4, -0.2) is 57.2 Å². The Kier molecular flexibility index (Phi) is 6.20. The first kappa shape index (κ1) is 21.3. The fraction of sp³-hybridized carbons (Fsp3) is 0.292. The number of hydrogen-bond acceptors (Lipinski definition) is 4. The summed E-state index contributed by atoms with van der Waals surface area (Å²) in [6.07, 6.45) is 7.14. The average Bonchev–Trinajstić information content (AvgIpc) is 3.12. The maximum Gasteiger partial charge on any atom is 0.246 e. The number of pyridine rings is 1. The highest BCUT2D eigenvalue weighted by Crippen LogP contribution is 2.37. The molecule has 3 aromatic rings. The van der Waals surface area contributed by atoms with Crippen molar-refractivity contribution in [1.82, 2.24) is 24.6 Å². The zero-order valence-corrected chi connectivity index (χ0v) is 18.8. The molecule has 2 aromatic heterocycles. The van der Waals surface area contributed by atoms with Crippen LogP contribution in [0.25, 0.3) is 22.4 Å². The van der Waals surface area contributed by atoms with Crippen molar-refractivity contribution < 1.29 is 4.79 Å². The molecule has 3 heterocycles. The number of likely N-dealkylation sites (N-methyl/N-ethyl adjacent to an activating group) is 1. The Labute approximate surface area is 187 Å². The number of fused-ring (bicyclic) bond motifs is 1. The lowest BCUT2D eigenvalue weighted by atomic mass is 9.98. The van der Waals surface area contributed by atoms with E-state index in [4.69, 9.17) is 16.7 Å². The summed E-state index contributed by atoms with van der Waals surface area (Å²) in [6.45, 7) is 3.95. The smallest absolute Gasteiger partial charge is 0.246 e. The first-order chi connectivity index (χ1) is 14.9. The normalized spacial score (nSPS) is 16.2. The van der Waals surface area contributed by atoms with Gasteiger partial charge in [-0.05, 0) is 50.8 Å². The predicted molar refractivity (Wildman–Crippen MR) is 124 cm³/mol. The topological polar surface area (TPSA) is 54.3 Å². The number of hydrogen-bond donors (Lipinski definition) is 0. The summed E-state index contributed by atoms with van der Waals surface area (Å²) < 4.78 is 2.04. The van der Waals surface area contributed by atoms with Crippen molar-refractivity contribution >= 4 is 17.5 Å². The fourth-order valence-electron chi connectivity index (χ4n) is 3.86. The van der Waals surface area contributed by atoms with Crippen LogP contribution in [-0.2, 0) is 17.9 Å². The van der Waals surface area contributed by atoms with Crippen molar-refractivity contribution in [3.8, 4) is 22.4 Å². The van der Waals surface area contributed by atoms with Gasteiger partial charge >= 0.3 is 0 Å². The first-order valence-corrected chi connectivity index (χ1v) is 10.7. The van der Waals surface area contributed by atoms with Crippen LogP contribution in [0.4, 0.5) is 0 Å². The Morgan fingerprint density at radius 3 is 2.55 bits per heavy atom. The van der Waals surface area contributed by atoms with E-state index in [0.29, 0.717) is 18.1 Å². The quantitative estimate of drug-likeness (QED) is 0.566. The average molecular weight is 436 g/mol. The Morgan fingerprint density at radius 2 is 1.87 bits per heavy atom. The van der Waals surface area contributed by atoms with E-state index in [1.807, 2.05) is 71.1 Å². The minimum atomic E-state index is 0.0236. The highest BCUT2D eigenvalue weighted by Gasteiger charge is 2.31. The SMILES string of the molecule is C[C@H]1Cn2nc(-c3ccc(Cl)cc3)c(-c3ccncc3)c2CN1C(=O)/C=C/CN(C)C. The van der Waals surface area contributed by atoms with Crippen molar-refractivity contribution in [1.29, 1.82) is 0 Å². The number of nitrogens with zero attached hydrogens (tertiary/aromatic N) is 5. The van der Waals surface area contributed by atoms with Gasteiger partial charge in [-0.1, -0.05) is 29.8 Å². The van der Waals surface area contributed by atoms with Crippen molar-refractivity contribution in [2.24, 2.45) is 0 Å². The number of carbonyl (C=O) groups is 1. The number of benzene rings is 1. The lowest BCUT2D eigenvalue weighted by molar-refractivity contribution is -0.129. The van der Waals surface area contributed by atoms with Gasteiger partial charge in [-0.2, -0.15) is 5.10 Å². The van der Waals surface area contributed by atoms with E-state index in [9.17, 15) is 4.79 Å². The largest absolute Gasteiger partial charge is 0.329 e. The van der Waals surface area contributed by atoms with Gasteiger partial charge in [0.25, 0.3) is 0 Å². The summed E-state index contributed by atoms with van der Waals surface area (Å²) >= 11 is 6.10. The molecule has 0 N–H and O–H groups in total. The highest BCUT2D eigenvalue weighted by molar-refractivity contribution is 6.30. The molecule has 1 amide bonds. The third-order valence-corrected chi connectivity index (χ3v) is 5.70. The molecule has 0 bridgehead atoms. The summed E-state index contributed by atoms with van der Waals surface area (Å²) in [5.74, 6) is 0.0236. The van der Waals surface area contributed by atoms with Crippen LogP contribution < -0.4 is 0 Å². The van der Waals surface area contributed by atoms with Crippen molar-refractivity contribution in [2.45, 2.75) is 26.1 Å². The van der Waals surface area contributed by atoms with E-state index in [2.05, 4.69) is 11.9 Å². The van der Waals surface area contributed by atoms with Crippen LogP contribution in [0.5, 0.6) is 0 Å². The summed E-state index contributed by atoms with van der Waals surface area (Å²) in [5, 5.41) is 5.64. The van der Waals surface area contributed by atoms with Gasteiger partial charge in [0.1, 0.15) is 5.69 Å². The lowest BCUT2D eigenvalue weighted by Gasteiger charge is -2.33. The Hall–Kier alpha value is -2.96. The number of halogens is 1. The van der Waals surface area contributed by atoms with E-state index in [-0.39, 0.29) is 11.9 Å². The zero-order chi connectivity index (χ0) is 22.0. The molecule has 0 radical (unpaired) electrons. The van der Waals surface area contributed by atoms with Crippen LogP contribution in [0.3, 0.4) is 0 Å². The molecule has 0 fully saturated rings. The van der Waals surface area contributed by atoms with Gasteiger partial charge in [0.2, 0.25) is 5.91 Å². The molecule has 7 heteroatoms. The highest BCUT2D eigenvalue weighted by atomic mass is 35.5. The zero-order valence-electron chi connectivity index (χ0n) is 18.0. The van der Waals surface area contributed by atoms with Crippen LogP contribution in [0.1, 0.15) is 12.6 Å². The van der Waals surface area contributed by atoms with E-state index >= 15 is 0 Å². The van der Waals surface area contributed by atoms with Gasteiger partial charge in [-0.3, -0.25) is 14.5 Å². The number of carbonyl (C=O) groups excluding carboxylic acids is 1. The Balaban J connectivity index is 1.75. The van der Waals surface area contributed by atoms with Crippen LogP contribution in [0.2, 0.25) is 5.02 Å². The van der Waals surface area contributed by atoms with E-state index in [0.717, 1.165) is 34.6 Å². The molecule has 1 aliphatic rings. The maximum atomic E-state index is 12.9. The van der Waals surface area contributed by atoms with Crippen LogP contribution in [0.15, 0.2) is 60.9 Å². The predicted octanol–water partition coefficient (Wildman–Crippen LogP) is 4.11. The molecule has 31 heavy (non-hydrogen) atoms. The summed E-state index contributed by atoms with van der Waals surface area (Å²) in [5.41, 5.74) is 4.98. The molecule has 1 aliphatic heterocycles. The number of aromatic nitrogens is 3. The third-order valence-electron chi connectivity index (χ3n) is 5.45. The van der Waals surface area contributed by atoms with E-state index in [1.54, 1.807) is 18.5 Å². The van der Waals surface area contributed by atoms with E-state index < -0.39 is 0 Å². The second kappa shape index (κ2) is 9.04. The molecule has 1 aromatic carbocycles. The van der Waals surface area contributed by atoms with Crippen molar-refractivity contribution in [2.75, 3.05) is 20.6 Å². The Morgan fingerprint density at radius 1 is 1.16 bits per heavy atom. The lowest BCUT2D eigenvalue weighted by Crippen LogP contribution is -2.44. The molecular weight excluding hydrogens is 410 g/mol. The summed E-state index contributed by atoms with van der Waals surface area (Å²) in [4.78, 5) is 21.0. The van der Waals surface area contributed by atoms with E-state index in [1.165, 1.54) is 0 Å². The van der Waals surface area contributed by atoms with Crippen LogP contribution >= 0.6 is 11.6 Å². The monoisotopic (exact) mass is 435 g/mol. The van der Waals surface area contributed by atoms with Crippen molar-refractivity contribution in [3.63, 3.8) is 0 Å². The number of rotatable bonds is 5. The van der Waals surface area contributed by atoms with Gasteiger partial charge in [0.05, 0.1) is 18.8 Å². The second-order valence-electron chi connectivity index (χ2n) is 8.07. The molecular formula is C24H26ClN5O. The van der Waals surface area contributed by atoms with Gasteiger partial charge in [-0.25, -0.2) is 0 Å².